The molecule has 0 spiro atoms. The van der Waals surface area contributed by atoms with Gasteiger partial charge in [0.05, 0.1) is 11.5 Å². The van der Waals surface area contributed by atoms with Crippen LogP contribution in [0.4, 0.5) is 0 Å². The van der Waals surface area contributed by atoms with Crippen LogP contribution in [0.5, 0.6) is 0 Å². The molecule has 0 aromatic rings. The van der Waals surface area contributed by atoms with Crippen LogP contribution in [0, 0.1) is 39.4 Å². The number of carbonyl (C=O) groups is 3. The molecule has 7 nitrogen and oxygen atoms in total. The number of carbonyl (C=O) groups excluding carboxylic acids is 3. The van der Waals surface area contributed by atoms with E-state index < -0.39 is 53.0 Å². The molecule has 0 aromatic heterocycles. The van der Waals surface area contributed by atoms with Crippen LogP contribution in [-0.2, 0) is 28.6 Å². The molecule has 0 radical (unpaired) electrons. The molecule has 7 heteroatoms. The van der Waals surface area contributed by atoms with Gasteiger partial charge in [-0.15, -0.1) is 0 Å². The first-order valence-electron chi connectivity index (χ1n) is 9.02. The van der Waals surface area contributed by atoms with Crippen molar-refractivity contribution in [3.8, 4) is 6.07 Å². The maximum atomic E-state index is 12.4. The number of hydrogen-bond donors (Lipinski definition) is 0. The summed E-state index contributed by atoms with van der Waals surface area (Å²) >= 11 is 0. The summed E-state index contributed by atoms with van der Waals surface area (Å²) in [4.78, 5) is 36.6. The van der Waals surface area contributed by atoms with Crippen molar-refractivity contribution in [1.82, 2.24) is 0 Å². The fourth-order valence-electron chi connectivity index (χ4n) is 4.75. The van der Waals surface area contributed by atoms with E-state index >= 15 is 0 Å². The molecule has 0 aromatic carbocycles. The third-order valence-corrected chi connectivity index (χ3v) is 6.89. The predicted octanol–water partition coefficient (Wildman–Crippen LogP) is 1.99. The molecule has 2 saturated carbocycles. The van der Waals surface area contributed by atoms with Gasteiger partial charge < -0.3 is 14.2 Å². The Hall–Kier alpha value is -2.10. The third kappa shape index (κ3) is 2.20. The lowest BCUT2D eigenvalue weighted by Gasteiger charge is -2.41. The first-order chi connectivity index (χ1) is 12.0. The topological polar surface area (TPSA) is 103 Å². The van der Waals surface area contributed by atoms with Crippen molar-refractivity contribution in [1.29, 1.82) is 5.26 Å². The van der Waals surface area contributed by atoms with E-state index in [1.54, 1.807) is 13.8 Å². The Morgan fingerprint density at radius 1 is 1.35 bits per heavy atom. The standard InChI is InChI=1S/C19H25NO6/c1-6-17(2,3)15(22)24-8-12(21)25-13-10-7-11-14(13)26-16(23)19(11,9-20)18(10,4)5/h10-11,13-14H,6-8H2,1-5H3. The fraction of sp³-hybridized carbons (Fsp3) is 0.789. The summed E-state index contributed by atoms with van der Waals surface area (Å²) in [6.07, 6.45) is 0.00743. The minimum atomic E-state index is -1.16. The summed E-state index contributed by atoms with van der Waals surface area (Å²) in [7, 11) is 0. The highest BCUT2D eigenvalue weighted by Crippen LogP contribution is 2.70. The minimum Gasteiger partial charge on any atom is -0.457 e. The molecule has 5 atom stereocenters. The molecule has 5 unspecified atom stereocenters. The molecule has 1 saturated heterocycles. The van der Waals surface area contributed by atoms with Crippen LogP contribution in [0.15, 0.2) is 0 Å². The zero-order chi connectivity index (χ0) is 19.5. The van der Waals surface area contributed by atoms with Gasteiger partial charge >= 0.3 is 17.9 Å². The van der Waals surface area contributed by atoms with Crippen molar-refractivity contribution in [3.63, 3.8) is 0 Å². The van der Waals surface area contributed by atoms with Crippen molar-refractivity contribution in [3.05, 3.63) is 0 Å². The van der Waals surface area contributed by atoms with Crippen LogP contribution >= 0.6 is 0 Å². The zero-order valence-electron chi connectivity index (χ0n) is 15.8. The van der Waals surface area contributed by atoms with Gasteiger partial charge in [0, 0.05) is 17.3 Å². The van der Waals surface area contributed by atoms with Crippen molar-refractivity contribution in [2.24, 2.45) is 28.1 Å². The summed E-state index contributed by atoms with van der Waals surface area (Å²) in [6, 6.07) is 2.19. The third-order valence-electron chi connectivity index (χ3n) is 6.89. The molecule has 3 fully saturated rings. The van der Waals surface area contributed by atoms with Crippen molar-refractivity contribution < 1.29 is 28.6 Å². The molecule has 2 bridgehead atoms. The molecular weight excluding hydrogens is 338 g/mol. The molecule has 26 heavy (non-hydrogen) atoms. The van der Waals surface area contributed by atoms with Crippen LogP contribution in [0.2, 0.25) is 0 Å². The minimum absolute atomic E-state index is 0.143. The van der Waals surface area contributed by atoms with Gasteiger partial charge in [-0.1, -0.05) is 20.8 Å². The number of fused-ring (bicyclic) bond motifs is 1. The summed E-state index contributed by atoms with van der Waals surface area (Å²) < 4.78 is 16.0. The average molecular weight is 363 g/mol. The molecule has 3 rings (SSSR count). The van der Waals surface area contributed by atoms with Gasteiger partial charge in [-0.2, -0.15) is 5.26 Å². The largest absolute Gasteiger partial charge is 0.457 e. The van der Waals surface area contributed by atoms with Gasteiger partial charge in [-0.3, -0.25) is 9.59 Å². The van der Waals surface area contributed by atoms with E-state index in [1.807, 2.05) is 20.8 Å². The lowest BCUT2D eigenvalue weighted by atomic mass is 9.58. The van der Waals surface area contributed by atoms with Gasteiger partial charge in [0.2, 0.25) is 0 Å². The van der Waals surface area contributed by atoms with E-state index in [1.165, 1.54) is 0 Å². The smallest absolute Gasteiger partial charge is 0.344 e. The van der Waals surface area contributed by atoms with Crippen molar-refractivity contribution in [2.75, 3.05) is 6.61 Å². The quantitative estimate of drug-likeness (QED) is 0.543. The van der Waals surface area contributed by atoms with E-state index in [9.17, 15) is 19.6 Å². The summed E-state index contributed by atoms with van der Waals surface area (Å²) in [5.41, 5.74) is -2.48. The molecule has 142 valence electrons. The van der Waals surface area contributed by atoms with E-state index in [-0.39, 0.29) is 11.8 Å². The Balaban J connectivity index is 1.68. The fourth-order valence-corrected chi connectivity index (χ4v) is 4.75. The number of rotatable bonds is 5. The lowest BCUT2D eigenvalue weighted by Crippen LogP contribution is -2.51. The Morgan fingerprint density at radius 3 is 2.58 bits per heavy atom. The molecule has 3 aliphatic rings. The zero-order valence-corrected chi connectivity index (χ0v) is 15.8. The van der Waals surface area contributed by atoms with Gasteiger partial charge in [-0.05, 0) is 26.7 Å². The van der Waals surface area contributed by atoms with Crippen LogP contribution in [-0.4, -0.2) is 36.7 Å². The molecule has 1 heterocycles. The van der Waals surface area contributed by atoms with Crippen LogP contribution in [0.1, 0.15) is 47.5 Å². The van der Waals surface area contributed by atoms with Crippen LogP contribution < -0.4 is 0 Å². The Kier molecular flexibility index (Phi) is 4.10. The lowest BCUT2D eigenvalue weighted by molar-refractivity contribution is -0.174. The number of esters is 3. The first kappa shape index (κ1) is 18.7. The average Bonchev–Trinajstić information content (AvgIpc) is 3.13. The molecular formula is C19H25NO6. The highest BCUT2D eigenvalue weighted by atomic mass is 16.6. The van der Waals surface area contributed by atoms with Gasteiger partial charge in [-0.25, -0.2) is 4.79 Å². The Morgan fingerprint density at radius 2 is 2.00 bits per heavy atom. The molecule has 1 aliphatic heterocycles. The normalized spacial score (nSPS) is 36.4. The van der Waals surface area contributed by atoms with Crippen molar-refractivity contribution >= 4 is 17.9 Å². The number of nitriles is 1. The summed E-state index contributed by atoms with van der Waals surface area (Å²) in [5, 5.41) is 9.67. The highest BCUT2D eigenvalue weighted by molar-refractivity contribution is 5.86. The highest BCUT2D eigenvalue weighted by Gasteiger charge is 2.80. The molecule has 0 N–H and O–H groups in total. The maximum absolute atomic E-state index is 12.4. The number of hydrogen-bond acceptors (Lipinski definition) is 7. The molecule has 2 aliphatic carbocycles. The van der Waals surface area contributed by atoms with E-state index in [2.05, 4.69) is 6.07 Å². The van der Waals surface area contributed by atoms with Gasteiger partial charge in [0.25, 0.3) is 0 Å². The second-order valence-electron chi connectivity index (χ2n) is 8.73. The number of ether oxygens (including phenoxy) is 3. The first-order valence-corrected chi connectivity index (χ1v) is 9.02. The summed E-state index contributed by atoms with van der Waals surface area (Å²) in [6.45, 7) is 8.60. The second kappa shape index (κ2) is 5.70. The maximum Gasteiger partial charge on any atom is 0.344 e. The monoisotopic (exact) mass is 363 g/mol. The van der Waals surface area contributed by atoms with Crippen molar-refractivity contribution in [2.45, 2.75) is 59.7 Å². The second-order valence-corrected chi connectivity index (χ2v) is 8.73. The SMILES string of the molecule is CCC(C)(C)C(=O)OCC(=O)OC1C2OC(=O)C3(C#N)C2CC1C3(C)C. The van der Waals surface area contributed by atoms with E-state index in [0.717, 1.165) is 0 Å². The number of nitrogens with zero attached hydrogens (tertiary/aromatic N) is 1. The van der Waals surface area contributed by atoms with E-state index in [4.69, 9.17) is 14.2 Å². The van der Waals surface area contributed by atoms with Gasteiger partial charge in [0.1, 0.15) is 12.2 Å². The van der Waals surface area contributed by atoms with Crippen LogP contribution in [0.3, 0.4) is 0 Å². The van der Waals surface area contributed by atoms with E-state index in [0.29, 0.717) is 12.8 Å². The summed E-state index contributed by atoms with van der Waals surface area (Å²) in [5.74, 6) is -2.04. The van der Waals surface area contributed by atoms with Crippen LogP contribution in [0.25, 0.3) is 0 Å². The van der Waals surface area contributed by atoms with Gasteiger partial charge in [0.15, 0.2) is 12.0 Å². The molecule has 0 amide bonds. The predicted molar refractivity (Wildman–Crippen MR) is 88.2 cm³/mol. The Bertz CT molecular complexity index is 705. The Labute approximate surface area is 153 Å².